The highest BCUT2D eigenvalue weighted by Gasteiger charge is 2.33. The monoisotopic (exact) mass is 262 g/mol. The second kappa shape index (κ2) is 5.12. The van der Waals surface area contributed by atoms with E-state index in [4.69, 9.17) is 9.47 Å². The Bertz CT molecular complexity index is 418. The summed E-state index contributed by atoms with van der Waals surface area (Å²) in [7, 11) is 2.18. The van der Waals surface area contributed by atoms with Gasteiger partial charge in [-0.25, -0.2) is 0 Å². The van der Waals surface area contributed by atoms with Gasteiger partial charge in [0.05, 0.1) is 13.2 Å². The predicted molar refractivity (Wildman–Crippen MR) is 75.4 cm³/mol. The van der Waals surface area contributed by atoms with Crippen molar-refractivity contribution in [2.45, 2.75) is 12.7 Å². The molecule has 2 fully saturated rings. The number of anilines is 1. The fourth-order valence-corrected chi connectivity index (χ4v) is 2.72. The van der Waals surface area contributed by atoms with Crippen molar-refractivity contribution in [3.05, 3.63) is 29.8 Å². The number of nitrogens with zero attached hydrogens (tertiary/aromatic N) is 2. The minimum absolute atomic E-state index is 0.555. The summed E-state index contributed by atoms with van der Waals surface area (Å²) >= 11 is 0. The zero-order valence-corrected chi connectivity index (χ0v) is 11.8. The standard InChI is InChI=1S/C15H22N2O2/c1-15(18-11-12-19-15)13-3-5-14(6-4-13)17-9-7-16(2)8-10-17/h3-6H,7-12H2,1-2H3. The maximum Gasteiger partial charge on any atom is 0.192 e. The van der Waals surface area contributed by atoms with Crippen LogP contribution in [-0.2, 0) is 15.3 Å². The van der Waals surface area contributed by atoms with Gasteiger partial charge in [0.1, 0.15) is 0 Å². The molecule has 2 saturated heterocycles. The first-order chi connectivity index (χ1) is 9.17. The van der Waals surface area contributed by atoms with Gasteiger partial charge in [0.2, 0.25) is 0 Å². The number of hydrogen-bond donors (Lipinski definition) is 0. The highest BCUT2D eigenvalue weighted by Crippen LogP contribution is 2.31. The maximum atomic E-state index is 5.68. The van der Waals surface area contributed by atoms with Gasteiger partial charge >= 0.3 is 0 Å². The Hall–Kier alpha value is -1.10. The van der Waals surface area contributed by atoms with Crippen LogP contribution in [0.4, 0.5) is 5.69 Å². The molecule has 0 atom stereocenters. The molecule has 0 aromatic heterocycles. The molecule has 4 nitrogen and oxygen atoms in total. The zero-order chi connectivity index (χ0) is 13.3. The van der Waals surface area contributed by atoms with Crippen LogP contribution in [0.5, 0.6) is 0 Å². The first-order valence-electron chi connectivity index (χ1n) is 6.99. The van der Waals surface area contributed by atoms with Gasteiger partial charge in [-0.15, -0.1) is 0 Å². The van der Waals surface area contributed by atoms with Crippen molar-refractivity contribution in [3.63, 3.8) is 0 Å². The number of piperazine rings is 1. The molecule has 0 spiro atoms. The van der Waals surface area contributed by atoms with Crippen molar-refractivity contribution in [2.75, 3.05) is 51.3 Å². The summed E-state index contributed by atoms with van der Waals surface area (Å²) in [5.74, 6) is -0.555. The van der Waals surface area contributed by atoms with E-state index >= 15 is 0 Å². The lowest BCUT2D eigenvalue weighted by molar-refractivity contribution is -0.149. The van der Waals surface area contributed by atoms with Crippen LogP contribution < -0.4 is 4.90 Å². The van der Waals surface area contributed by atoms with E-state index in [2.05, 4.69) is 41.1 Å². The summed E-state index contributed by atoms with van der Waals surface area (Å²) < 4.78 is 11.4. The zero-order valence-electron chi connectivity index (χ0n) is 11.8. The van der Waals surface area contributed by atoms with Crippen LogP contribution in [0.1, 0.15) is 12.5 Å². The quantitative estimate of drug-likeness (QED) is 0.809. The van der Waals surface area contributed by atoms with Gasteiger partial charge in [-0.3, -0.25) is 0 Å². The van der Waals surface area contributed by atoms with Crippen molar-refractivity contribution in [1.29, 1.82) is 0 Å². The van der Waals surface area contributed by atoms with E-state index in [1.807, 2.05) is 6.92 Å². The van der Waals surface area contributed by atoms with Crippen molar-refractivity contribution in [2.24, 2.45) is 0 Å². The molecule has 1 aromatic rings. The molecular formula is C15H22N2O2. The largest absolute Gasteiger partial charge is 0.369 e. The summed E-state index contributed by atoms with van der Waals surface area (Å²) in [6.45, 7) is 7.80. The van der Waals surface area contributed by atoms with Gasteiger partial charge in [0.15, 0.2) is 5.79 Å². The van der Waals surface area contributed by atoms with E-state index in [0.29, 0.717) is 13.2 Å². The van der Waals surface area contributed by atoms with Crippen molar-refractivity contribution >= 4 is 5.69 Å². The molecular weight excluding hydrogens is 240 g/mol. The van der Waals surface area contributed by atoms with Crippen molar-refractivity contribution < 1.29 is 9.47 Å². The molecule has 2 aliphatic heterocycles. The molecule has 0 saturated carbocycles. The Morgan fingerprint density at radius 2 is 1.53 bits per heavy atom. The third-order valence-corrected chi connectivity index (χ3v) is 4.10. The second-order valence-electron chi connectivity index (χ2n) is 5.48. The smallest absolute Gasteiger partial charge is 0.192 e. The number of benzene rings is 1. The van der Waals surface area contributed by atoms with Gasteiger partial charge < -0.3 is 19.3 Å². The van der Waals surface area contributed by atoms with E-state index < -0.39 is 5.79 Å². The molecule has 0 N–H and O–H groups in total. The predicted octanol–water partition coefficient (Wildman–Crippen LogP) is 1.66. The van der Waals surface area contributed by atoms with E-state index in [0.717, 1.165) is 31.7 Å². The first-order valence-corrected chi connectivity index (χ1v) is 6.99. The fourth-order valence-electron chi connectivity index (χ4n) is 2.72. The lowest BCUT2D eigenvalue weighted by atomic mass is 10.1. The van der Waals surface area contributed by atoms with E-state index in [9.17, 15) is 0 Å². The molecule has 2 aliphatic rings. The highest BCUT2D eigenvalue weighted by atomic mass is 16.7. The van der Waals surface area contributed by atoms with Crippen LogP contribution in [-0.4, -0.2) is 51.3 Å². The average Bonchev–Trinajstić information content (AvgIpc) is 2.88. The Morgan fingerprint density at radius 3 is 2.11 bits per heavy atom. The Labute approximate surface area is 114 Å². The Morgan fingerprint density at radius 1 is 0.947 bits per heavy atom. The summed E-state index contributed by atoms with van der Waals surface area (Å²) in [6.07, 6.45) is 0. The van der Waals surface area contributed by atoms with Crippen molar-refractivity contribution in [1.82, 2.24) is 4.90 Å². The normalized spacial score (nSPS) is 23.8. The van der Waals surface area contributed by atoms with Crippen LogP contribution in [0.3, 0.4) is 0 Å². The van der Waals surface area contributed by atoms with Crippen molar-refractivity contribution in [3.8, 4) is 0 Å². The molecule has 104 valence electrons. The van der Waals surface area contributed by atoms with Crippen LogP contribution in [0.25, 0.3) is 0 Å². The Balaban J connectivity index is 1.72. The Kier molecular flexibility index (Phi) is 3.48. The lowest BCUT2D eigenvalue weighted by Gasteiger charge is -2.34. The van der Waals surface area contributed by atoms with Gasteiger partial charge in [-0.2, -0.15) is 0 Å². The molecule has 0 radical (unpaired) electrons. The number of hydrogen-bond acceptors (Lipinski definition) is 4. The lowest BCUT2D eigenvalue weighted by Crippen LogP contribution is -2.44. The summed E-state index contributed by atoms with van der Waals surface area (Å²) in [4.78, 5) is 4.80. The van der Waals surface area contributed by atoms with Crippen LogP contribution in [0.15, 0.2) is 24.3 Å². The van der Waals surface area contributed by atoms with Gasteiger partial charge in [0, 0.05) is 37.4 Å². The number of rotatable bonds is 2. The third-order valence-electron chi connectivity index (χ3n) is 4.10. The molecule has 19 heavy (non-hydrogen) atoms. The van der Waals surface area contributed by atoms with Crippen LogP contribution in [0.2, 0.25) is 0 Å². The SMILES string of the molecule is CN1CCN(c2ccc(C3(C)OCCO3)cc2)CC1. The molecule has 3 rings (SSSR count). The van der Waals surface area contributed by atoms with Gasteiger partial charge in [-0.1, -0.05) is 12.1 Å². The highest BCUT2D eigenvalue weighted by molar-refractivity contribution is 5.48. The fraction of sp³-hybridized carbons (Fsp3) is 0.600. The average molecular weight is 262 g/mol. The summed E-state index contributed by atoms with van der Waals surface area (Å²) in [5.41, 5.74) is 2.39. The summed E-state index contributed by atoms with van der Waals surface area (Å²) in [6, 6.07) is 8.60. The third kappa shape index (κ3) is 2.61. The van der Waals surface area contributed by atoms with Gasteiger partial charge in [0.25, 0.3) is 0 Å². The van der Waals surface area contributed by atoms with Crippen LogP contribution in [0, 0.1) is 0 Å². The summed E-state index contributed by atoms with van der Waals surface area (Å²) in [5, 5.41) is 0. The van der Waals surface area contributed by atoms with Crippen LogP contribution >= 0.6 is 0 Å². The maximum absolute atomic E-state index is 5.68. The van der Waals surface area contributed by atoms with E-state index in [-0.39, 0.29) is 0 Å². The number of likely N-dealkylation sites (N-methyl/N-ethyl adjacent to an activating group) is 1. The molecule has 2 heterocycles. The van der Waals surface area contributed by atoms with E-state index in [1.165, 1.54) is 5.69 Å². The topological polar surface area (TPSA) is 24.9 Å². The molecule has 0 unspecified atom stereocenters. The first kappa shape index (κ1) is 12.9. The minimum atomic E-state index is -0.555. The van der Waals surface area contributed by atoms with E-state index in [1.54, 1.807) is 0 Å². The molecule has 0 bridgehead atoms. The van der Waals surface area contributed by atoms with Gasteiger partial charge in [-0.05, 0) is 26.1 Å². The molecule has 1 aromatic carbocycles. The second-order valence-corrected chi connectivity index (χ2v) is 5.48. The molecule has 4 heteroatoms. The number of ether oxygens (including phenoxy) is 2. The molecule has 0 aliphatic carbocycles. The molecule has 0 amide bonds. The minimum Gasteiger partial charge on any atom is -0.369 e.